The maximum atomic E-state index is 12.3. The first kappa shape index (κ1) is 19.6. The number of ether oxygens (including phenoxy) is 3. The van der Waals surface area contributed by atoms with E-state index in [-0.39, 0.29) is 23.6 Å². The molecule has 1 saturated heterocycles. The van der Waals surface area contributed by atoms with E-state index in [0.717, 1.165) is 32.3 Å². The number of aromatic amines is 1. The molecule has 0 aromatic carbocycles. The summed E-state index contributed by atoms with van der Waals surface area (Å²) in [5.74, 6) is 0.216. The molecule has 2 aromatic heterocycles. The molecule has 0 spiro atoms. The van der Waals surface area contributed by atoms with Crippen molar-refractivity contribution in [2.45, 2.75) is 58.1 Å². The number of nitrogen functional groups attached to an aromatic ring is 1. The van der Waals surface area contributed by atoms with Crippen LogP contribution in [0.5, 0.6) is 6.01 Å². The lowest BCUT2D eigenvalue weighted by Gasteiger charge is -2.22. The topological polar surface area (TPSA) is 117 Å². The fourth-order valence-corrected chi connectivity index (χ4v) is 3.09. The number of nitrogens with zero attached hydrogens (tertiary/aromatic N) is 3. The molecule has 0 aliphatic carbocycles. The van der Waals surface area contributed by atoms with Gasteiger partial charge in [0, 0.05) is 19.8 Å². The van der Waals surface area contributed by atoms with Crippen molar-refractivity contribution in [2.24, 2.45) is 0 Å². The van der Waals surface area contributed by atoms with Crippen molar-refractivity contribution < 1.29 is 14.2 Å². The van der Waals surface area contributed by atoms with Crippen molar-refractivity contribution in [3.8, 4) is 6.01 Å². The average molecular weight is 379 g/mol. The van der Waals surface area contributed by atoms with Gasteiger partial charge in [-0.2, -0.15) is 9.97 Å². The molecular weight excluding hydrogens is 350 g/mol. The van der Waals surface area contributed by atoms with Crippen LogP contribution in [0.1, 0.15) is 45.4 Å². The number of unbranched alkanes of at least 4 members (excludes halogenated alkanes) is 1. The van der Waals surface area contributed by atoms with E-state index < -0.39 is 0 Å². The zero-order valence-electron chi connectivity index (χ0n) is 15.9. The fraction of sp³-hybridized carbons (Fsp3) is 0.722. The summed E-state index contributed by atoms with van der Waals surface area (Å²) in [6.07, 6.45) is 6.19. The average Bonchev–Trinajstić information content (AvgIpc) is 2.99. The Morgan fingerprint density at radius 1 is 1.30 bits per heavy atom. The number of nitrogens with one attached hydrogen (secondary N) is 1. The van der Waals surface area contributed by atoms with E-state index in [4.69, 9.17) is 19.9 Å². The minimum Gasteiger partial charge on any atom is -0.463 e. The van der Waals surface area contributed by atoms with E-state index in [9.17, 15) is 4.79 Å². The van der Waals surface area contributed by atoms with Gasteiger partial charge in [0.1, 0.15) is 5.52 Å². The molecule has 3 N–H and O–H groups in total. The Morgan fingerprint density at radius 2 is 2.19 bits per heavy atom. The number of fused-ring (bicyclic) bond motifs is 1. The first-order valence-corrected chi connectivity index (χ1v) is 9.77. The molecule has 0 unspecified atom stereocenters. The zero-order valence-corrected chi connectivity index (χ0v) is 15.9. The van der Waals surface area contributed by atoms with Gasteiger partial charge in [0.25, 0.3) is 0 Å². The summed E-state index contributed by atoms with van der Waals surface area (Å²) in [6.45, 7) is 5.06. The van der Waals surface area contributed by atoms with Gasteiger partial charge >= 0.3 is 11.7 Å². The summed E-state index contributed by atoms with van der Waals surface area (Å²) < 4.78 is 18.4. The van der Waals surface area contributed by atoms with Gasteiger partial charge in [-0.1, -0.05) is 13.3 Å². The number of hydrogen-bond acceptors (Lipinski definition) is 7. The van der Waals surface area contributed by atoms with Crippen LogP contribution in [0.25, 0.3) is 11.2 Å². The number of rotatable bonds is 10. The van der Waals surface area contributed by atoms with Crippen molar-refractivity contribution in [3.63, 3.8) is 0 Å². The molecule has 1 atom stereocenters. The van der Waals surface area contributed by atoms with Crippen LogP contribution in [0.3, 0.4) is 0 Å². The molecule has 1 aliphatic heterocycles. The summed E-state index contributed by atoms with van der Waals surface area (Å²) in [7, 11) is 0. The largest absolute Gasteiger partial charge is 0.463 e. The van der Waals surface area contributed by atoms with Crippen LogP contribution in [0.4, 0.5) is 5.82 Å². The predicted octanol–water partition coefficient (Wildman–Crippen LogP) is 1.86. The Kier molecular flexibility index (Phi) is 7.05. The zero-order chi connectivity index (χ0) is 19.1. The molecule has 0 radical (unpaired) electrons. The van der Waals surface area contributed by atoms with E-state index in [2.05, 4.69) is 21.9 Å². The second-order valence-electron chi connectivity index (χ2n) is 6.79. The summed E-state index contributed by atoms with van der Waals surface area (Å²) >= 11 is 0. The van der Waals surface area contributed by atoms with E-state index in [1.54, 1.807) is 4.57 Å². The van der Waals surface area contributed by atoms with Gasteiger partial charge in [-0.05, 0) is 32.1 Å². The second kappa shape index (κ2) is 9.70. The quantitative estimate of drug-likeness (QED) is 0.605. The molecule has 0 saturated carbocycles. The number of nitrogens with two attached hydrogens (primary N) is 1. The highest BCUT2D eigenvalue weighted by Gasteiger charge is 2.15. The van der Waals surface area contributed by atoms with E-state index in [0.29, 0.717) is 44.0 Å². The summed E-state index contributed by atoms with van der Waals surface area (Å²) in [4.78, 5) is 23.4. The Balaban J connectivity index is 1.57. The molecule has 150 valence electrons. The van der Waals surface area contributed by atoms with Crippen LogP contribution in [0.2, 0.25) is 0 Å². The lowest BCUT2D eigenvalue weighted by Crippen LogP contribution is -2.25. The smallest absolute Gasteiger partial charge is 0.327 e. The Labute approximate surface area is 158 Å². The minimum absolute atomic E-state index is 0.199. The first-order valence-electron chi connectivity index (χ1n) is 9.77. The van der Waals surface area contributed by atoms with Crippen molar-refractivity contribution in [1.82, 2.24) is 19.5 Å². The second-order valence-corrected chi connectivity index (χ2v) is 6.79. The van der Waals surface area contributed by atoms with Crippen LogP contribution >= 0.6 is 0 Å². The van der Waals surface area contributed by atoms with Gasteiger partial charge in [0.15, 0.2) is 11.5 Å². The SMILES string of the molecule is CCCCOc1nc(N)c2[nH]c(=O)n(CCCOC[C@H]3CCCCO3)c2n1. The molecule has 0 amide bonds. The van der Waals surface area contributed by atoms with Crippen molar-refractivity contribution in [2.75, 3.05) is 32.2 Å². The first-order chi connectivity index (χ1) is 13.2. The maximum Gasteiger partial charge on any atom is 0.327 e. The highest BCUT2D eigenvalue weighted by molar-refractivity contribution is 5.81. The summed E-state index contributed by atoms with van der Waals surface area (Å²) in [6, 6.07) is 0.201. The third-order valence-electron chi connectivity index (χ3n) is 4.61. The lowest BCUT2D eigenvalue weighted by molar-refractivity contribution is -0.0412. The Hall–Kier alpha value is -2.13. The van der Waals surface area contributed by atoms with Crippen LogP contribution in [-0.2, 0) is 16.0 Å². The van der Waals surface area contributed by atoms with Crippen molar-refractivity contribution >= 4 is 17.0 Å². The van der Waals surface area contributed by atoms with Gasteiger partial charge in [0.2, 0.25) is 0 Å². The van der Waals surface area contributed by atoms with Crippen LogP contribution in [0.15, 0.2) is 4.79 Å². The monoisotopic (exact) mass is 379 g/mol. The Bertz CT molecular complexity index is 782. The van der Waals surface area contributed by atoms with Crippen LogP contribution in [0, 0.1) is 0 Å². The van der Waals surface area contributed by atoms with E-state index >= 15 is 0 Å². The number of anilines is 1. The molecule has 3 rings (SSSR count). The number of hydrogen-bond donors (Lipinski definition) is 2. The standard InChI is InChI=1S/C18H29N5O4/c1-2-3-10-27-17-21-15(19)14-16(22-17)23(18(24)20-14)8-6-9-25-12-13-7-4-5-11-26-13/h13H,2-12H2,1H3,(H,20,24)(H2,19,21,22)/t13-/m1/s1. The van der Waals surface area contributed by atoms with E-state index in [1.165, 1.54) is 6.42 Å². The maximum absolute atomic E-state index is 12.3. The lowest BCUT2D eigenvalue weighted by atomic mass is 10.1. The van der Waals surface area contributed by atoms with E-state index in [1.807, 2.05) is 0 Å². The van der Waals surface area contributed by atoms with Gasteiger partial charge in [-0.25, -0.2) is 4.79 Å². The molecule has 0 bridgehead atoms. The van der Waals surface area contributed by atoms with Gasteiger partial charge < -0.3 is 24.9 Å². The molecule has 27 heavy (non-hydrogen) atoms. The number of aromatic nitrogens is 4. The highest BCUT2D eigenvalue weighted by Crippen LogP contribution is 2.18. The fourth-order valence-electron chi connectivity index (χ4n) is 3.09. The van der Waals surface area contributed by atoms with Crippen molar-refractivity contribution in [3.05, 3.63) is 10.5 Å². The number of aryl methyl sites for hydroxylation is 1. The normalized spacial score (nSPS) is 17.4. The third kappa shape index (κ3) is 5.20. The van der Waals surface area contributed by atoms with Crippen molar-refractivity contribution in [1.29, 1.82) is 0 Å². The molecule has 1 aliphatic rings. The van der Waals surface area contributed by atoms with Crippen LogP contribution < -0.4 is 16.2 Å². The predicted molar refractivity (Wildman–Crippen MR) is 102 cm³/mol. The molecule has 9 heteroatoms. The summed E-state index contributed by atoms with van der Waals surface area (Å²) in [5, 5.41) is 0. The third-order valence-corrected chi connectivity index (χ3v) is 4.61. The highest BCUT2D eigenvalue weighted by atomic mass is 16.5. The molecule has 9 nitrogen and oxygen atoms in total. The minimum atomic E-state index is -0.257. The van der Waals surface area contributed by atoms with Crippen LogP contribution in [-0.4, -0.2) is 52.1 Å². The van der Waals surface area contributed by atoms with Gasteiger partial charge in [-0.15, -0.1) is 0 Å². The Morgan fingerprint density at radius 3 is 2.96 bits per heavy atom. The van der Waals surface area contributed by atoms with Gasteiger partial charge in [0.05, 0.1) is 19.3 Å². The molecule has 2 aromatic rings. The summed E-state index contributed by atoms with van der Waals surface area (Å²) in [5.41, 5.74) is 6.60. The molecular formula is C18H29N5O4. The molecule has 1 fully saturated rings. The number of imidazole rings is 1. The molecule has 3 heterocycles. The number of H-pyrrole nitrogens is 1. The van der Waals surface area contributed by atoms with Gasteiger partial charge in [-0.3, -0.25) is 4.57 Å².